The fourth-order valence-corrected chi connectivity index (χ4v) is 3.04. The van der Waals surface area contributed by atoms with Crippen LogP contribution in [0, 0.1) is 0 Å². The molecular formula is C15H16F3N7O. The molecule has 0 atom stereocenters. The van der Waals surface area contributed by atoms with E-state index in [0.717, 1.165) is 18.1 Å². The fraction of sp³-hybridized carbons (Fsp3) is 0.467. The molecule has 0 saturated carbocycles. The van der Waals surface area contributed by atoms with Crippen molar-refractivity contribution < 1.29 is 18.0 Å². The van der Waals surface area contributed by atoms with E-state index >= 15 is 0 Å². The second-order valence-corrected chi connectivity index (χ2v) is 6.35. The lowest BCUT2D eigenvalue weighted by Gasteiger charge is -2.40. The van der Waals surface area contributed by atoms with Crippen molar-refractivity contribution in [2.75, 3.05) is 43.0 Å². The summed E-state index contributed by atoms with van der Waals surface area (Å²) < 4.78 is 40.0. The van der Waals surface area contributed by atoms with Crippen LogP contribution in [0.4, 0.5) is 29.5 Å². The Labute approximate surface area is 146 Å². The van der Waals surface area contributed by atoms with Gasteiger partial charge in [0.1, 0.15) is 17.8 Å². The molecule has 2 aromatic rings. The number of amides is 2. The van der Waals surface area contributed by atoms with Crippen molar-refractivity contribution in [3.05, 3.63) is 30.5 Å². The number of urea groups is 1. The fourth-order valence-electron chi connectivity index (χ4n) is 3.04. The van der Waals surface area contributed by atoms with E-state index in [2.05, 4.69) is 15.1 Å². The van der Waals surface area contributed by atoms with E-state index in [1.54, 1.807) is 38.8 Å². The van der Waals surface area contributed by atoms with Crippen LogP contribution in [0.15, 0.2) is 24.8 Å². The number of aromatic nitrogens is 4. The molecule has 138 valence electrons. The number of halogens is 3. The maximum Gasteiger partial charge on any atom is 0.433 e. The van der Waals surface area contributed by atoms with E-state index < -0.39 is 11.9 Å². The predicted octanol–water partition coefficient (Wildman–Crippen LogP) is 1.62. The van der Waals surface area contributed by atoms with Gasteiger partial charge in [0.15, 0.2) is 0 Å². The van der Waals surface area contributed by atoms with Gasteiger partial charge in [0.05, 0.1) is 17.9 Å². The van der Waals surface area contributed by atoms with Crippen LogP contribution in [-0.2, 0) is 6.18 Å². The summed E-state index contributed by atoms with van der Waals surface area (Å²) in [5, 5.41) is 4.29. The molecular weight excluding hydrogens is 351 g/mol. The minimum Gasteiger partial charge on any atom is -0.352 e. The van der Waals surface area contributed by atoms with Crippen LogP contribution in [0.1, 0.15) is 11.7 Å². The summed E-state index contributed by atoms with van der Waals surface area (Å²) >= 11 is 0. The molecule has 0 aliphatic carbocycles. The zero-order chi connectivity index (χ0) is 18.5. The average Bonchev–Trinajstić information content (AvgIpc) is 3.14. The highest BCUT2D eigenvalue weighted by Gasteiger charge is 2.36. The van der Waals surface area contributed by atoms with Crippen LogP contribution in [0.5, 0.6) is 0 Å². The molecule has 2 saturated heterocycles. The molecule has 2 fully saturated rings. The van der Waals surface area contributed by atoms with Gasteiger partial charge in [0, 0.05) is 45.5 Å². The van der Waals surface area contributed by atoms with Crippen molar-refractivity contribution in [2.45, 2.75) is 12.2 Å². The second-order valence-electron chi connectivity index (χ2n) is 6.35. The molecule has 0 N–H and O–H groups in total. The zero-order valence-electron chi connectivity index (χ0n) is 13.9. The SMILES string of the molecule is CN1CCN(c2cnn(C3CN(c4cc(C(F)(F)F)ncn4)C3)c2)C1=O. The topological polar surface area (TPSA) is 70.4 Å². The third-order valence-corrected chi connectivity index (χ3v) is 4.62. The summed E-state index contributed by atoms with van der Waals surface area (Å²) in [5.74, 6) is 0.243. The van der Waals surface area contributed by atoms with Gasteiger partial charge in [0.2, 0.25) is 0 Å². The molecule has 8 nitrogen and oxygen atoms in total. The monoisotopic (exact) mass is 367 g/mol. The molecule has 4 rings (SSSR count). The maximum atomic E-state index is 12.7. The molecule has 0 radical (unpaired) electrons. The van der Waals surface area contributed by atoms with Crippen molar-refractivity contribution in [2.24, 2.45) is 0 Å². The molecule has 2 aliphatic rings. The third kappa shape index (κ3) is 2.82. The zero-order valence-corrected chi connectivity index (χ0v) is 13.9. The van der Waals surface area contributed by atoms with Crippen molar-refractivity contribution >= 4 is 17.5 Å². The lowest BCUT2D eigenvalue weighted by atomic mass is 10.1. The molecule has 0 bridgehead atoms. The van der Waals surface area contributed by atoms with Crippen LogP contribution < -0.4 is 9.80 Å². The predicted molar refractivity (Wildman–Crippen MR) is 85.9 cm³/mol. The largest absolute Gasteiger partial charge is 0.433 e. The minimum atomic E-state index is -4.49. The minimum absolute atomic E-state index is 0.0171. The third-order valence-electron chi connectivity index (χ3n) is 4.62. The summed E-state index contributed by atoms with van der Waals surface area (Å²) in [6.45, 7) is 2.25. The Morgan fingerprint density at radius 3 is 2.62 bits per heavy atom. The Morgan fingerprint density at radius 1 is 1.19 bits per heavy atom. The van der Waals surface area contributed by atoms with Crippen molar-refractivity contribution in [3.8, 4) is 0 Å². The highest BCUT2D eigenvalue weighted by atomic mass is 19.4. The summed E-state index contributed by atoms with van der Waals surface area (Å²) in [6, 6.07) is 0.896. The van der Waals surface area contributed by atoms with Gasteiger partial charge in [-0.25, -0.2) is 14.8 Å². The maximum absolute atomic E-state index is 12.7. The second kappa shape index (κ2) is 5.85. The first-order valence-electron chi connectivity index (χ1n) is 8.04. The normalized spacial score (nSPS) is 18.6. The first-order valence-corrected chi connectivity index (χ1v) is 8.04. The molecule has 2 aliphatic heterocycles. The van der Waals surface area contributed by atoms with Gasteiger partial charge in [-0.1, -0.05) is 0 Å². The average molecular weight is 367 g/mol. The Balaban J connectivity index is 1.42. The number of hydrogen-bond donors (Lipinski definition) is 0. The molecule has 2 amide bonds. The molecule has 26 heavy (non-hydrogen) atoms. The van der Waals surface area contributed by atoms with Gasteiger partial charge in [-0.15, -0.1) is 0 Å². The molecule has 4 heterocycles. The number of alkyl halides is 3. The van der Waals surface area contributed by atoms with Gasteiger partial charge in [-0.05, 0) is 0 Å². The molecule has 2 aromatic heterocycles. The molecule has 0 spiro atoms. The first-order chi connectivity index (χ1) is 12.3. The van der Waals surface area contributed by atoms with E-state index in [1.165, 1.54) is 0 Å². The standard InChI is InChI=1S/C15H16F3N7O/c1-22-2-3-24(14(22)26)10-5-21-25(8-10)11-6-23(7-11)13-4-12(15(16,17)18)19-9-20-13/h4-5,8-9,11H,2-3,6-7H2,1H3. The highest BCUT2D eigenvalue weighted by molar-refractivity contribution is 5.93. The Hall–Kier alpha value is -2.85. The number of anilines is 2. The van der Waals surface area contributed by atoms with Crippen LogP contribution in [-0.4, -0.2) is 63.9 Å². The van der Waals surface area contributed by atoms with E-state index in [9.17, 15) is 18.0 Å². The Bertz CT molecular complexity index is 831. The smallest absolute Gasteiger partial charge is 0.352 e. The van der Waals surface area contributed by atoms with Crippen molar-refractivity contribution in [3.63, 3.8) is 0 Å². The van der Waals surface area contributed by atoms with E-state index in [1.807, 2.05) is 0 Å². The van der Waals surface area contributed by atoms with E-state index in [-0.39, 0.29) is 17.9 Å². The van der Waals surface area contributed by atoms with Crippen molar-refractivity contribution in [1.82, 2.24) is 24.6 Å². The van der Waals surface area contributed by atoms with Gasteiger partial charge in [-0.3, -0.25) is 9.58 Å². The van der Waals surface area contributed by atoms with Gasteiger partial charge in [0.25, 0.3) is 0 Å². The van der Waals surface area contributed by atoms with Gasteiger partial charge in [-0.2, -0.15) is 18.3 Å². The highest BCUT2D eigenvalue weighted by Crippen LogP contribution is 2.32. The number of hydrogen-bond acceptors (Lipinski definition) is 5. The number of likely N-dealkylation sites (N-methyl/N-ethyl adjacent to an activating group) is 1. The first kappa shape index (κ1) is 16.6. The lowest BCUT2D eigenvalue weighted by molar-refractivity contribution is -0.141. The van der Waals surface area contributed by atoms with Gasteiger partial charge >= 0.3 is 12.2 Å². The van der Waals surface area contributed by atoms with E-state index in [0.29, 0.717) is 26.2 Å². The Kier molecular flexibility index (Phi) is 3.74. The summed E-state index contributed by atoms with van der Waals surface area (Å²) in [7, 11) is 1.74. The number of carbonyl (C=O) groups excluding carboxylic acids is 1. The molecule has 0 unspecified atom stereocenters. The molecule has 0 aromatic carbocycles. The van der Waals surface area contributed by atoms with E-state index in [4.69, 9.17) is 0 Å². The Morgan fingerprint density at radius 2 is 1.96 bits per heavy atom. The lowest BCUT2D eigenvalue weighted by Crippen LogP contribution is -2.48. The summed E-state index contributed by atoms with van der Waals surface area (Å²) in [4.78, 5) is 24.2. The van der Waals surface area contributed by atoms with Crippen LogP contribution in [0.25, 0.3) is 0 Å². The number of rotatable bonds is 3. The number of nitrogens with zero attached hydrogens (tertiary/aromatic N) is 7. The van der Waals surface area contributed by atoms with Crippen LogP contribution >= 0.6 is 0 Å². The summed E-state index contributed by atoms with van der Waals surface area (Å²) in [6.07, 6.45) is -0.145. The summed E-state index contributed by atoms with van der Waals surface area (Å²) in [5.41, 5.74) is -0.233. The molecule has 11 heteroatoms. The van der Waals surface area contributed by atoms with Crippen LogP contribution in [0.2, 0.25) is 0 Å². The van der Waals surface area contributed by atoms with Crippen molar-refractivity contribution in [1.29, 1.82) is 0 Å². The van der Waals surface area contributed by atoms with Gasteiger partial charge < -0.3 is 9.80 Å². The number of carbonyl (C=O) groups is 1. The van der Waals surface area contributed by atoms with Crippen LogP contribution in [0.3, 0.4) is 0 Å². The quantitative estimate of drug-likeness (QED) is 0.825.